The quantitative estimate of drug-likeness (QED) is 0.432. The van der Waals surface area contributed by atoms with Crippen molar-refractivity contribution >= 4 is 49.4 Å². The molecule has 2 aliphatic rings. The van der Waals surface area contributed by atoms with E-state index in [1.54, 1.807) is 4.90 Å². The Kier molecular flexibility index (Phi) is 7.44. The van der Waals surface area contributed by atoms with Gasteiger partial charge >= 0.3 is 5.97 Å². The van der Waals surface area contributed by atoms with Gasteiger partial charge in [0, 0.05) is 21.5 Å². The minimum absolute atomic E-state index is 0.0165. The van der Waals surface area contributed by atoms with Crippen molar-refractivity contribution in [3.05, 3.63) is 28.7 Å². The average Bonchev–Trinajstić information content (AvgIpc) is 3.30. The second kappa shape index (κ2) is 9.63. The van der Waals surface area contributed by atoms with E-state index in [1.165, 1.54) is 11.8 Å². The molecule has 1 aromatic carbocycles. The number of esters is 1. The Hall–Kier alpha value is -1.06. The Morgan fingerprint density at radius 2 is 1.79 bits per heavy atom. The Morgan fingerprint density at radius 3 is 2.39 bits per heavy atom. The van der Waals surface area contributed by atoms with Gasteiger partial charge in [-0.15, -0.1) is 11.8 Å². The molecular formula is C19H24BrNO5S2. The fourth-order valence-corrected chi connectivity index (χ4v) is 6.49. The van der Waals surface area contributed by atoms with Gasteiger partial charge in [-0.25, -0.2) is 8.42 Å². The molecule has 0 N–H and O–H groups in total. The zero-order chi connectivity index (χ0) is 20.1. The summed E-state index contributed by atoms with van der Waals surface area (Å²) in [6.45, 7) is -0.327. The average molecular weight is 490 g/mol. The summed E-state index contributed by atoms with van der Waals surface area (Å²) < 4.78 is 29.9. The lowest BCUT2D eigenvalue weighted by Crippen LogP contribution is -2.48. The third-order valence-corrected chi connectivity index (χ3v) is 8.40. The van der Waals surface area contributed by atoms with E-state index in [9.17, 15) is 18.0 Å². The molecule has 1 unspecified atom stereocenters. The van der Waals surface area contributed by atoms with Crippen molar-refractivity contribution in [2.45, 2.75) is 49.1 Å². The molecule has 0 bridgehead atoms. The van der Waals surface area contributed by atoms with Gasteiger partial charge in [-0.2, -0.15) is 0 Å². The molecule has 1 aliphatic heterocycles. The van der Waals surface area contributed by atoms with Crippen LogP contribution in [0.2, 0.25) is 0 Å². The van der Waals surface area contributed by atoms with Crippen molar-refractivity contribution in [1.29, 1.82) is 0 Å². The largest absolute Gasteiger partial charge is 0.455 e. The van der Waals surface area contributed by atoms with Crippen LogP contribution in [0.1, 0.15) is 32.1 Å². The molecule has 1 saturated heterocycles. The van der Waals surface area contributed by atoms with Gasteiger partial charge in [-0.1, -0.05) is 28.8 Å². The first-order valence-electron chi connectivity index (χ1n) is 9.39. The summed E-state index contributed by atoms with van der Waals surface area (Å²) in [5, 5.41) is 0. The lowest BCUT2D eigenvalue weighted by Gasteiger charge is -2.33. The standard InChI is InChI=1S/C19H24BrNO5S2/c20-14-5-7-17(8-6-14)27-12-19(23)26-11-18(22)21(15-3-1-2-4-15)16-9-10-28(24,25)13-16/h5-8,15-16H,1-4,9-13H2. The summed E-state index contributed by atoms with van der Waals surface area (Å²) in [7, 11) is -3.09. The molecule has 6 nitrogen and oxygen atoms in total. The van der Waals surface area contributed by atoms with E-state index < -0.39 is 15.8 Å². The van der Waals surface area contributed by atoms with Crippen molar-refractivity contribution in [2.75, 3.05) is 23.9 Å². The Balaban J connectivity index is 1.52. The molecule has 1 atom stereocenters. The zero-order valence-corrected chi connectivity index (χ0v) is 18.7. The molecule has 1 saturated carbocycles. The molecule has 1 aliphatic carbocycles. The molecular weight excluding hydrogens is 466 g/mol. The van der Waals surface area contributed by atoms with Gasteiger partial charge in [0.25, 0.3) is 5.91 Å². The third kappa shape index (κ3) is 5.97. The topological polar surface area (TPSA) is 80.8 Å². The molecule has 1 amide bonds. The summed E-state index contributed by atoms with van der Waals surface area (Å²) >= 11 is 4.71. The lowest BCUT2D eigenvalue weighted by atomic mass is 10.1. The number of hydrogen-bond donors (Lipinski definition) is 0. The van der Waals surface area contributed by atoms with Crippen LogP contribution in [0.15, 0.2) is 33.6 Å². The van der Waals surface area contributed by atoms with Gasteiger partial charge in [0.1, 0.15) is 0 Å². The molecule has 154 valence electrons. The van der Waals surface area contributed by atoms with E-state index >= 15 is 0 Å². The zero-order valence-electron chi connectivity index (χ0n) is 15.5. The SMILES string of the molecule is O=C(CSc1ccc(Br)cc1)OCC(=O)N(C1CCCC1)C1CCS(=O)(=O)C1. The van der Waals surface area contributed by atoms with Crippen LogP contribution in [0.3, 0.4) is 0 Å². The molecule has 0 radical (unpaired) electrons. The number of halogens is 1. The number of rotatable bonds is 7. The van der Waals surface area contributed by atoms with Gasteiger partial charge in [-0.3, -0.25) is 9.59 Å². The maximum absolute atomic E-state index is 12.8. The molecule has 9 heteroatoms. The van der Waals surface area contributed by atoms with Crippen LogP contribution in [0, 0.1) is 0 Å². The van der Waals surface area contributed by atoms with Gasteiger partial charge in [0.05, 0.1) is 17.3 Å². The highest BCUT2D eigenvalue weighted by Gasteiger charge is 2.39. The van der Waals surface area contributed by atoms with E-state index in [0.717, 1.165) is 35.1 Å². The minimum Gasteiger partial charge on any atom is -0.455 e. The fourth-order valence-electron chi connectivity index (χ4n) is 3.81. The van der Waals surface area contributed by atoms with E-state index in [-0.39, 0.29) is 41.9 Å². The number of amides is 1. The number of hydrogen-bond acceptors (Lipinski definition) is 6. The Bertz CT molecular complexity index is 806. The number of sulfone groups is 1. The molecule has 3 rings (SSSR count). The van der Waals surface area contributed by atoms with Gasteiger partial charge in [0.15, 0.2) is 16.4 Å². The predicted molar refractivity (Wildman–Crippen MR) is 112 cm³/mol. The summed E-state index contributed by atoms with van der Waals surface area (Å²) in [6, 6.07) is 7.35. The molecule has 0 aromatic heterocycles. The number of nitrogens with zero attached hydrogens (tertiary/aromatic N) is 1. The first-order chi connectivity index (χ1) is 13.3. The second-order valence-corrected chi connectivity index (χ2v) is 11.4. The third-order valence-electron chi connectivity index (χ3n) is 5.13. The van der Waals surface area contributed by atoms with Crippen LogP contribution in [-0.4, -0.2) is 61.1 Å². The molecule has 28 heavy (non-hydrogen) atoms. The molecule has 1 heterocycles. The lowest BCUT2D eigenvalue weighted by molar-refractivity contribution is -0.152. The summed E-state index contributed by atoms with van der Waals surface area (Å²) in [4.78, 5) is 27.5. The van der Waals surface area contributed by atoms with Crippen molar-refractivity contribution in [1.82, 2.24) is 4.90 Å². The van der Waals surface area contributed by atoms with Gasteiger partial charge in [-0.05, 0) is 43.5 Å². The first-order valence-corrected chi connectivity index (χ1v) is 13.0. The van der Waals surface area contributed by atoms with Crippen LogP contribution in [0.4, 0.5) is 0 Å². The Morgan fingerprint density at radius 1 is 1.11 bits per heavy atom. The number of benzene rings is 1. The predicted octanol–water partition coefficient (Wildman–Crippen LogP) is 3.04. The number of carbonyl (C=O) groups excluding carboxylic acids is 2. The van der Waals surface area contributed by atoms with Crippen LogP contribution in [0.5, 0.6) is 0 Å². The van der Waals surface area contributed by atoms with Crippen molar-refractivity contribution in [2.24, 2.45) is 0 Å². The van der Waals surface area contributed by atoms with Crippen LogP contribution in [0.25, 0.3) is 0 Å². The van der Waals surface area contributed by atoms with Crippen molar-refractivity contribution in [3.8, 4) is 0 Å². The highest BCUT2D eigenvalue weighted by molar-refractivity contribution is 9.10. The highest BCUT2D eigenvalue weighted by atomic mass is 79.9. The number of ether oxygens (including phenoxy) is 1. The van der Waals surface area contributed by atoms with E-state index in [2.05, 4.69) is 15.9 Å². The summed E-state index contributed by atoms with van der Waals surface area (Å²) in [5.74, 6) is -0.473. The van der Waals surface area contributed by atoms with Crippen LogP contribution < -0.4 is 0 Å². The number of carbonyl (C=O) groups is 2. The summed E-state index contributed by atoms with van der Waals surface area (Å²) in [5.41, 5.74) is 0. The van der Waals surface area contributed by atoms with Crippen LogP contribution in [-0.2, 0) is 24.2 Å². The fraction of sp³-hybridized carbons (Fsp3) is 0.579. The van der Waals surface area contributed by atoms with Gasteiger partial charge in [0.2, 0.25) is 0 Å². The minimum atomic E-state index is -3.09. The number of thioether (sulfide) groups is 1. The van der Waals surface area contributed by atoms with E-state index in [0.29, 0.717) is 6.42 Å². The Labute approximate surface area is 178 Å². The van der Waals surface area contributed by atoms with Gasteiger partial charge < -0.3 is 9.64 Å². The summed E-state index contributed by atoms with van der Waals surface area (Å²) in [6.07, 6.45) is 4.32. The van der Waals surface area contributed by atoms with E-state index in [1.807, 2.05) is 24.3 Å². The van der Waals surface area contributed by atoms with Crippen molar-refractivity contribution < 1.29 is 22.7 Å². The maximum atomic E-state index is 12.8. The van der Waals surface area contributed by atoms with E-state index in [4.69, 9.17) is 4.74 Å². The maximum Gasteiger partial charge on any atom is 0.316 e. The molecule has 1 aromatic rings. The first kappa shape index (κ1) is 21.6. The highest BCUT2D eigenvalue weighted by Crippen LogP contribution is 2.29. The monoisotopic (exact) mass is 489 g/mol. The van der Waals surface area contributed by atoms with Crippen molar-refractivity contribution in [3.63, 3.8) is 0 Å². The second-order valence-electron chi connectivity index (χ2n) is 7.20. The molecule has 2 fully saturated rings. The molecule has 0 spiro atoms. The van der Waals surface area contributed by atoms with Crippen LogP contribution >= 0.6 is 27.7 Å². The smallest absolute Gasteiger partial charge is 0.316 e. The normalized spacial score (nSPS) is 21.5.